The van der Waals surface area contributed by atoms with E-state index in [0.717, 1.165) is 24.2 Å². The van der Waals surface area contributed by atoms with E-state index in [1.165, 1.54) is 66.6 Å². The fraction of sp³-hybridized carbons (Fsp3) is 0.217. The lowest BCUT2D eigenvalue weighted by Crippen LogP contribution is -2.19. The first-order valence-corrected chi connectivity index (χ1v) is 17.5. The SMILES string of the molecule is CC1=CC=C(N(c2ccccc2)c2c3cc(C(C)C)ccc3c(N(c3ccccc3)c3ccc(C)cc3)c3cc(C(C)C)ccc23)CC1. The summed E-state index contributed by atoms with van der Waals surface area (Å²) < 4.78 is 0. The number of hydrogen-bond acceptors (Lipinski definition) is 2. The van der Waals surface area contributed by atoms with Gasteiger partial charge < -0.3 is 9.80 Å². The quantitative estimate of drug-likeness (QED) is 0.122. The van der Waals surface area contributed by atoms with E-state index in [9.17, 15) is 0 Å². The van der Waals surface area contributed by atoms with Crippen molar-refractivity contribution < 1.29 is 0 Å². The van der Waals surface area contributed by atoms with Crippen LogP contribution in [0.4, 0.5) is 28.4 Å². The van der Waals surface area contributed by atoms with Gasteiger partial charge in [0.05, 0.1) is 11.4 Å². The molecular weight excluding hydrogens is 581 g/mol. The monoisotopic (exact) mass is 626 g/mol. The zero-order chi connectivity index (χ0) is 33.4. The second-order valence-corrected chi connectivity index (χ2v) is 14.0. The van der Waals surface area contributed by atoms with Crippen LogP contribution < -0.4 is 9.80 Å². The van der Waals surface area contributed by atoms with Crippen LogP contribution in [-0.2, 0) is 0 Å². The van der Waals surface area contributed by atoms with Gasteiger partial charge in [-0.1, -0.05) is 118 Å². The molecule has 2 heteroatoms. The number of aryl methyl sites for hydroxylation is 1. The summed E-state index contributed by atoms with van der Waals surface area (Å²) in [6.07, 6.45) is 6.70. The molecule has 48 heavy (non-hydrogen) atoms. The van der Waals surface area contributed by atoms with Crippen LogP contribution in [0.15, 0.2) is 145 Å². The van der Waals surface area contributed by atoms with E-state index < -0.39 is 0 Å². The third kappa shape index (κ3) is 5.92. The fourth-order valence-corrected chi connectivity index (χ4v) is 7.03. The molecule has 2 nitrogen and oxygen atoms in total. The molecule has 0 bridgehead atoms. The minimum atomic E-state index is 0.397. The molecule has 7 rings (SSSR count). The van der Waals surface area contributed by atoms with E-state index in [0.29, 0.717) is 11.8 Å². The average Bonchev–Trinajstić information content (AvgIpc) is 3.11. The number of anilines is 5. The zero-order valence-corrected chi connectivity index (χ0v) is 29.2. The van der Waals surface area contributed by atoms with Gasteiger partial charge in [-0.05, 0) is 104 Å². The molecular formula is C46H46N2. The Hall–Kier alpha value is -5.08. The molecule has 0 saturated carbocycles. The first kappa shape index (κ1) is 31.5. The minimum Gasteiger partial charge on any atom is -0.313 e. The molecule has 1 aliphatic rings. The van der Waals surface area contributed by atoms with Crippen molar-refractivity contribution in [2.24, 2.45) is 0 Å². The molecule has 6 aromatic carbocycles. The largest absolute Gasteiger partial charge is 0.313 e. The minimum absolute atomic E-state index is 0.397. The van der Waals surface area contributed by atoms with Crippen LogP contribution in [0, 0.1) is 6.92 Å². The topological polar surface area (TPSA) is 6.48 Å². The maximum Gasteiger partial charge on any atom is 0.0620 e. The number of rotatable bonds is 8. The number of benzene rings is 6. The van der Waals surface area contributed by atoms with E-state index in [1.807, 2.05) is 0 Å². The van der Waals surface area contributed by atoms with Crippen LogP contribution >= 0.6 is 0 Å². The number of allylic oxidation sites excluding steroid dienone is 4. The summed E-state index contributed by atoms with van der Waals surface area (Å²) in [5, 5.41) is 5.03. The van der Waals surface area contributed by atoms with Gasteiger partial charge >= 0.3 is 0 Å². The predicted molar refractivity (Wildman–Crippen MR) is 209 cm³/mol. The summed E-state index contributed by atoms with van der Waals surface area (Å²) in [6.45, 7) is 13.6. The van der Waals surface area contributed by atoms with Gasteiger partial charge in [-0.2, -0.15) is 0 Å². The van der Waals surface area contributed by atoms with Crippen molar-refractivity contribution in [1.82, 2.24) is 0 Å². The van der Waals surface area contributed by atoms with Crippen molar-refractivity contribution in [2.45, 2.75) is 66.2 Å². The molecule has 0 fully saturated rings. The average molecular weight is 627 g/mol. The molecule has 1 aliphatic carbocycles. The highest BCUT2D eigenvalue weighted by atomic mass is 15.2. The summed E-state index contributed by atoms with van der Waals surface area (Å²) in [6, 6.07) is 45.2. The van der Waals surface area contributed by atoms with Crippen molar-refractivity contribution in [1.29, 1.82) is 0 Å². The zero-order valence-electron chi connectivity index (χ0n) is 29.2. The Labute approximate surface area is 286 Å². The number of hydrogen-bond donors (Lipinski definition) is 0. The Morgan fingerprint density at radius 2 is 0.938 bits per heavy atom. The number of para-hydroxylation sites is 2. The van der Waals surface area contributed by atoms with Crippen LogP contribution in [0.2, 0.25) is 0 Å². The molecule has 0 N–H and O–H groups in total. The van der Waals surface area contributed by atoms with Crippen LogP contribution in [0.5, 0.6) is 0 Å². The highest BCUT2D eigenvalue weighted by molar-refractivity contribution is 6.23. The summed E-state index contributed by atoms with van der Waals surface area (Å²) in [5.41, 5.74) is 12.7. The van der Waals surface area contributed by atoms with Gasteiger partial charge in [-0.3, -0.25) is 0 Å². The first-order valence-electron chi connectivity index (χ1n) is 17.5. The molecule has 0 amide bonds. The first-order chi connectivity index (χ1) is 23.3. The van der Waals surface area contributed by atoms with Crippen molar-refractivity contribution in [3.63, 3.8) is 0 Å². The lowest BCUT2D eigenvalue weighted by Gasteiger charge is -2.35. The van der Waals surface area contributed by atoms with Crippen LogP contribution in [-0.4, -0.2) is 0 Å². The molecule has 0 spiro atoms. The molecule has 240 valence electrons. The fourth-order valence-electron chi connectivity index (χ4n) is 7.03. The Morgan fingerprint density at radius 1 is 0.458 bits per heavy atom. The van der Waals surface area contributed by atoms with Gasteiger partial charge in [-0.15, -0.1) is 0 Å². The van der Waals surface area contributed by atoms with Gasteiger partial charge in [0.2, 0.25) is 0 Å². The second kappa shape index (κ2) is 13.2. The summed E-state index contributed by atoms with van der Waals surface area (Å²) in [5.74, 6) is 0.797. The van der Waals surface area contributed by atoms with Crippen LogP contribution in [0.25, 0.3) is 21.5 Å². The number of nitrogens with zero attached hydrogens (tertiary/aromatic N) is 2. The van der Waals surface area contributed by atoms with E-state index in [2.05, 4.69) is 185 Å². The molecule has 6 aromatic rings. The van der Waals surface area contributed by atoms with Crippen molar-refractivity contribution in [3.05, 3.63) is 161 Å². The van der Waals surface area contributed by atoms with Gasteiger partial charge in [-0.25, -0.2) is 0 Å². The maximum absolute atomic E-state index is 2.55. The van der Waals surface area contributed by atoms with Gasteiger partial charge in [0, 0.05) is 44.3 Å². The predicted octanol–water partition coefficient (Wildman–Crippen LogP) is 13.8. The third-order valence-corrected chi connectivity index (χ3v) is 9.83. The lowest BCUT2D eigenvalue weighted by molar-refractivity contribution is 0.867. The Bertz CT molecular complexity index is 2140. The van der Waals surface area contributed by atoms with Gasteiger partial charge in [0.25, 0.3) is 0 Å². The van der Waals surface area contributed by atoms with Crippen LogP contribution in [0.1, 0.15) is 76.0 Å². The molecule has 0 saturated heterocycles. The van der Waals surface area contributed by atoms with E-state index in [4.69, 9.17) is 0 Å². The van der Waals surface area contributed by atoms with E-state index in [1.54, 1.807) is 0 Å². The smallest absolute Gasteiger partial charge is 0.0620 e. The Kier molecular flexibility index (Phi) is 8.67. The molecule has 0 unspecified atom stereocenters. The van der Waals surface area contributed by atoms with Crippen molar-refractivity contribution in [3.8, 4) is 0 Å². The molecule has 0 heterocycles. The Balaban J connectivity index is 1.67. The summed E-state index contributed by atoms with van der Waals surface area (Å²) in [7, 11) is 0. The Morgan fingerprint density at radius 3 is 1.42 bits per heavy atom. The second-order valence-electron chi connectivity index (χ2n) is 14.0. The highest BCUT2D eigenvalue weighted by Crippen LogP contribution is 2.51. The maximum atomic E-state index is 2.55. The molecule has 0 radical (unpaired) electrons. The third-order valence-electron chi connectivity index (χ3n) is 9.83. The molecule has 0 aromatic heterocycles. The van der Waals surface area contributed by atoms with E-state index in [-0.39, 0.29) is 0 Å². The summed E-state index contributed by atoms with van der Waals surface area (Å²) in [4.78, 5) is 5.03. The molecule has 0 atom stereocenters. The van der Waals surface area contributed by atoms with Gasteiger partial charge in [0.15, 0.2) is 0 Å². The number of fused-ring (bicyclic) bond motifs is 2. The van der Waals surface area contributed by atoms with Crippen molar-refractivity contribution in [2.75, 3.05) is 9.80 Å². The lowest BCUT2D eigenvalue weighted by atomic mass is 9.89. The molecule has 0 aliphatic heterocycles. The van der Waals surface area contributed by atoms with Crippen molar-refractivity contribution >= 4 is 50.0 Å². The normalized spacial score (nSPS) is 13.2. The standard InChI is InChI=1S/C46H46N2/c1-31(2)35-21-27-41-43(29-35)45(47(37-13-9-7-10-14-37)39-23-17-33(5)18-24-39)42-28-22-36(32(3)4)30-44(42)46(41)48(38-15-11-8-12-16-38)40-25-19-34(6)20-26-40/h7-19,21-25,27-32H,20,26H2,1-6H3. The van der Waals surface area contributed by atoms with E-state index >= 15 is 0 Å². The summed E-state index contributed by atoms with van der Waals surface area (Å²) >= 11 is 0. The van der Waals surface area contributed by atoms with Crippen LogP contribution in [0.3, 0.4) is 0 Å². The van der Waals surface area contributed by atoms with Gasteiger partial charge in [0.1, 0.15) is 0 Å². The highest BCUT2D eigenvalue weighted by Gasteiger charge is 2.27.